The summed E-state index contributed by atoms with van der Waals surface area (Å²) >= 11 is 11.5. The van der Waals surface area contributed by atoms with Gasteiger partial charge in [-0.3, -0.25) is 14.9 Å². The summed E-state index contributed by atoms with van der Waals surface area (Å²) in [4.78, 5) is 22.4. The summed E-state index contributed by atoms with van der Waals surface area (Å²) in [5.41, 5.74) is 3.10. The van der Waals surface area contributed by atoms with E-state index in [0.29, 0.717) is 11.1 Å². The van der Waals surface area contributed by atoms with Crippen LogP contribution in [-0.2, 0) is 0 Å². The van der Waals surface area contributed by atoms with Gasteiger partial charge in [-0.15, -0.1) is 0 Å². The van der Waals surface area contributed by atoms with Gasteiger partial charge in [0.1, 0.15) is 5.58 Å². The predicted molar refractivity (Wildman–Crippen MR) is 110 cm³/mol. The Labute approximate surface area is 173 Å². The van der Waals surface area contributed by atoms with Crippen molar-refractivity contribution in [3.63, 3.8) is 0 Å². The van der Waals surface area contributed by atoms with Gasteiger partial charge in [0.05, 0.1) is 14.7 Å². The molecule has 0 radical (unpaired) electrons. The van der Waals surface area contributed by atoms with Crippen molar-refractivity contribution in [2.45, 2.75) is 0 Å². The average Bonchev–Trinajstić information content (AvgIpc) is 3.00. The number of amides is 1. The molecule has 0 unspecified atom stereocenters. The molecule has 1 heterocycles. The van der Waals surface area contributed by atoms with Gasteiger partial charge in [-0.1, -0.05) is 27.5 Å². The molecule has 0 atom stereocenters. The first-order valence-corrected chi connectivity index (χ1v) is 9.26. The fraction of sp³-hybridized carbons (Fsp3) is 0. The number of hydrogen-bond acceptors (Lipinski definition) is 5. The number of carbonyl (C=O) groups excluding carboxylic acids is 1. The number of benzene rings is 2. The van der Waals surface area contributed by atoms with Crippen LogP contribution in [0.25, 0.3) is 11.0 Å². The summed E-state index contributed by atoms with van der Waals surface area (Å²) in [6, 6.07) is 9.25. The highest BCUT2D eigenvalue weighted by Gasteiger charge is 2.14. The van der Waals surface area contributed by atoms with E-state index in [4.69, 9.17) is 16.0 Å². The second-order valence-corrected chi connectivity index (χ2v) is 7.56. The molecule has 2 aromatic carbocycles. The largest absolute Gasteiger partial charge is 0.450 e. The van der Waals surface area contributed by atoms with Gasteiger partial charge in [0.2, 0.25) is 0 Å². The Hall–Kier alpha value is -1.98. The molecular weight excluding hydrogens is 540 g/mol. The van der Waals surface area contributed by atoms with E-state index in [9.17, 15) is 14.9 Å². The molecule has 0 aliphatic rings. The summed E-state index contributed by atoms with van der Waals surface area (Å²) in [5, 5.41) is 15.6. The summed E-state index contributed by atoms with van der Waals surface area (Å²) in [6.45, 7) is 0. The highest BCUT2D eigenvalue weighted by atomic mass is 127. The monoisotopic (exact) mass is 547 g/mol. The van der Waals surface area contributed by atoms with E-state index in [1.54, 1.807) is 6.07 Å². The molecule has 0 bridgehead atoms. The molecule has 1 N–H and O–H groups in total. The lowest BCUT2D eigenvalue weighted by Gasteiger charge is -1.99. The molecule has 3 aromatic rings. The van der Waals surface area contributed by atoms with Gasteiger partial charge < -0.3 is 4.42 Å². The first-order valence-electron chi connectivity index (χ1n) is 7.01. The van der Waals surface area contributed by atoms with Crippen LogP contribution < -0.4 is 5.43 Å². The minimum Gasteiger partial charge on any atom is -0.450 e. The maximum absolute atomic E-state index is 12.2. The summed E-state index contributed by atoms with van der Waals surface area (Å²) in [5.74, 6) is -0.454. The van der Waals surface area contributed by atoms with Crippen molar-refractivity contribution >= 4 is 78.9 Å². The second kappa shape index (κ2) is 7.72. The molecule has 7 nitrogen and oxygen atoms in total. The third-order valence-corrected chi connectivity index (χ3v) is 4.92. The van der Waals surface area contributed by atoms with Crippen molar-refractivity contribution < 1.29 is 14.1 Å². The minimum atomic E-state index is -0.550. The first kappa shape index (κ1) is 18.8. The number of halogens is 3. The number of hydrazone groups is 1. The zero-order valence-electron chi connectivity index (χ0n) is 12.7. The lowest BCUT2D eigenvalue weighted by Crippen LogP contribution is -2.16. The molecule has 1 amide bonds. The van der Waals surface area contributed by atoms with Crippen molar-refractivity contribution in [1.82, 2.24) is 5.43 Å². The van der Waals surface area contributed by atoms with E-state index in [1.807, 2.05) is 12.1 Å². The van der Waals surface area contributed by atoms with Gasteiger partial charge in [-0.05, 0) is 46.9 Å². The second-order valence-electron chi connectivity index (χ2n) is 5.08. The van der Waals surface area contributed by atoms with Crippen molar-refractivity contribution in [3.8, 4) is 0 Å². The highest BCUT2D eigenvalue weighted by molar-refractivity contribution is 14.1. The zero-order valence-corrected chi connectivity index (χ0v) is 17.2. The number of carbonyl (C=O) groups is 1. The Kier molecular flexibility index (Phi) is 5.58. The molecule has 1 aromatic heterocycles. The minimum absolute atomic E-state index is 0.0957. The Balaban J connectivity index is 1.79. The normalized spacial score (nSPS) is 11.2. The van der Waals surface area contributed by atoms with Crippen molar-refractivity contribution in [2.75, 3.05) is 0 Å². The molecule has 132 valence electrons. The maximum Gasteiger partial charge on any atom is 0.307 e. The molecule has 0 fully saturated rings. The summed E-state index contributed by atoms with van der Waals surface area (Å²) < 4.78 is 7.30. The summed E-state index contributed by atoms with van der Waals surface area (Å²) in [7, 11) is 0. The van der Waals surface area contributed by atoms with Crippen LogP contribution in [-0.4, -0.2) is 17.0 Å². The van der Waals surface area contributed by atoms with Crippen LogP contribution in [0.1, 0.15) is 16.1 Å². The number of rotatable bonds is 4. The molecule has 0 saturated carbocycles. The van der Waals surface area contributed by atoms with E-state index < -0.39 is 10.8 Å². The van der Waals surface area contributed by atoms with Crippen LogP contribution in [0.5, 0.6) is 0 Å². The van der Waals surface area contributed by atoms with Crippen molar-refractivity contribution in [2.24, 2.45) is 5.10 Å². The number of nitrogens with one attached hydrogen (secondary N) is 1. The maximum atomic E-state index is 12.2. The van der Waals surface area contributed by atoms with Gasteiger partial charge in [0.25, 0.3) is 5.69 Å². The summed E-state index contributed by atoms with van der Waals surface area (Å²) in [6.07, 6.45) is 1.23. The van der Waals surface area contributed by atoms with E-state index in [1.165, 1.54) is 24.4 Å². The molecule has 26 heavy (non-hydrogen) atoms. The van der Waals surface area contributed by atoms with Gasteiger partial charge in [-0.2, -0.15) is 5.10 Å². The van der Waals surface area contributed by atoms with E-state index in [0.717, 1.165) is 13.4 Å². The SMILES string of the molecule is O=C(N/N=C\c1cc([N+](=O)[O-])ccc1Cl)c1cc2cc(Br)cc(I)c2o1. The number of fused-ring (bicyclic) bond motifs is 1. The van der Waals surface area contributed by atoms with Crippen LogP contribution >= 0.6 is 50.1 Å². The van der Waals surface area contributed by atoms with E-state index in [-0.39, 0.29) is 16.5 Å². The standard InChI is InChI=1S/C16H8BrClIN3O4/c17-10-3-8-5-14(26-15(8)13(19)6-10)16(23)21-20-7-9-4-11(22(24)25)1-2-12(9)18/h1-7H,(H,21,23)/b20-7-. The molecular formula is C16H8BrClIN3O4. The lowest BCUT2D eigenvalue weighted by molar-refractivity contribution is -0.384. The fourth-order valence-corrected chi connectivity index (χ4v) is 3.97. The molecule has 0 spiro atoms. The van der Waals surface area contributed by atoms with E-state index >= 15 is 0 Å². The molecule has 0 aliphatic carbocycles. The number of hydrogen-bond donors (Lipinski definition) is 1. The van der Waals surface area contributed by atoms with Gasteiger partial charge in [0, 0.05) is 32.6 Å². The number of furan rings is 1. The quantitative estimate of drug-likeness (QED) is 0.212. The van der Waals surface area contributed by atoms with Crippen molar-refractivity contribution in [1.29, 1.82) is 0 Å². The number of nitrogens with zero attached hydrogens (tertiary/aromatic N) is 2. The van der Waals surface area contributed by atoms with Crippen LogP contribution in [0.3, 0.4) is 0 Å². The Morgan fingerprint density at radius 1 is 1.35 bits per heavy atom. The van der Waals surface area contributed by atoms with Gasteiger partial charge >= 0.3 is 5.91 Å². The average molecular weight is 549 g/mol. The fourth-order valence-electron chi connectivity index (χ4n) is 2.15. The number of nitro groups is 1. The molecule has 10 heteroatoms. The van der Waals surface area contributed by atoms with E-state index in [2.05, 4.69) is 49.0 Å². The third kappa shape index (κ3) is 4.05. The predicted octanol–water partition coefficient (Wildman–Crippen LogP) is 5.13. The smallest absolute Gasteiger partial charge is 0.307 e. The molecule has 3 rings (SSSR count). The topological polar surface area (TPSA) is 97.7 Å². The molecule has 0 saturated heterocycles. The number of non-ortho nitro benzene ring substituents is 1. The highest BCUT2D eigenvalue weighted by Crippen LogP contribution is 2.28. The Morgan fingerprint density at radius 3 is 2.85 bits per heavy atom. The Bertz CT molecular complexity index is 1070. The molecule has 0 aliphatic heterocycles. The third-order valence-electron chi connectivity index (χ3n) is 3.32. The zero-order chi connectivity index (χ0) is 18.8. The van der Waals surface area contributed by atoms with Crippen LogP contribution in [0, 0.1) is 13.7 Å². The van der Waals surface area contributed by atoms with Gasteiger partial charge in [-0.25, -0.2) is 5.43 Å². The van der Waals surface area contributed by atoms with Crippen molar-refractivity contribution in [3.05, 3.63) is 70.9 Å². The van der Waals surface area contributed by atoms with Crippen LogP contribution in [0.4, 0.5) is 5.69 Å². The Morgan fingerprint density at radius 2 is 2.12 bits per heavy atom. The lowest BCUT2D eigenvalue weighted by atomic mass is 10.2. The first-order chi connectivity index (χ1) is 12.3. The van der Waals surface area contributed by atoms with Crippen LogP contribution in [0.15, 0.2) is 50.4 Å². The number of nitro benzene ring substituents is 1. The van der Waals surface area contributed by atoms with Crippen LogP contribution in [0.2, 0.25) is 5.02 Å². The van der Waals surface area contributed by atoms with Gasteiger partial charge in [0.15, 0.2) is 5.76 Å².